The number of hydrogen-bond acceptors (Lipinski definition) is 2. The highest BCUT2D eigenvalue weighted by Crippen LogP contribution is 2.31. The number of benzene rings is 1. The summed E-state index contributed by atoms with van der Waals surface area (Å²) >= 11 is 0. The van der Waals surface area contributed by atoms with E-state index in [0.717, 1.165) is 6.07 Å². The SMILES string of the molecule is CC[C@@H](NC(=O)c1c(F)ccc(C)c1F)C1CC(O)C1. The maximum Gasteiger partial charge on any atom is 0.257 e. The molecule has 1 aliphatic rings. The molecule has 1 aromatic rings. The number of aliphatic hydroxyl groups excluding tert-OH is 1. The van der Waals surface area contributed by atoms with Crippen molar-refractivity contribution < 1.29 is 18.7 Å². The monoisotopic (exact) mass is 283 g/mol. The molecule has 1 atom stereocenters. The lowest BCUT2D eigenvalue weighted by atomic mass is 9.76. The number of aryl methyl sites for hydroxylation is 1. The smallest absolute Gasteiger partial charge is 0.257 e. The fourth-order valence-corrected chi connectivity index (χ4v) is 2.62. The number of hydrogen-bond donors (Lipinski definition) is 2. The Hall–Kier alpha value is -1.49. The van der Waals surface area contributed by atoms with Crippen LogP contribution in [0.5, 0.6) is 0 Å². The van der Waals surface area contributed by atoms with Gasteiger partial charge in [-0.1, -0.05) is 13.0 Å². The lowest BCUT2D eigenvalue weighted by Gasteiger charge is -2.37. The Morgan fingerprint density at radius 2 is 2.10 bits per heavy atom. The average Bonchev–Trinajstić information content (AvgIpc) is 2.37. The minimum atomic E-state index is -0.853. The van der Waals surface area contributed by atoms with Gasteiger partial charge in [0.15, 0.2) is 0 Å². The minimum absolute atomic E-state index is 0.162. The molecule has 0 aliphatic heterocycles. The highest BCUT2D eigenvalue weighted by molar-refractivity contribution is 5.95. The van der Waals surface area contributed by atoms with Gasteiger partial charge in [0.25, 0.3) is 5.91 Å². The summed E-state index contributed by atoms with van der Waals surface area (Å²) in [4.78, 5) is 12.1. The lowest BCUT2D eigenvalue weighted by Crippen LogP contribution is -2.47. The molecule has 1 aromatic carbocycles. The Kier molecular flexibility index (Phi) is 4.38. The van der Waals surface area contributed by atoms with Crippen molar-refractivity contribution in [2.24, 2.45) is 5.92 Å². The van der Waals surface area contributed by atoms with E-state index in [1.807, 2.05) is 6.92 Å². The largest absolute Gasteiger partial charge is 0.393 e. The fraction of sp³-hybridized carbons (Fsp3) is 0.533. The highest BCUT2D eigenvalue weighted by Gasteiger charge is 2.34. The van der Waals surface area contributed by atoms with Gasteiger partial charge in [0.05, 0.1) is 6.10 Å². The summed E-state index contributed by atoms with van der Waals surface area (Å²) in [5, 5.41) is 12.0. The van der Waals surface area contributed by atoms with E-state index in [1.165, 1.54) is 13.0 Å². The zero-order chi connectivity index (χ0) is 14.9. The molecule has 3 nitrogen and oxygen atoms in total. The Morgan fingerprint density at radius 3 is 2.65 bits per heavy atom. The molecule has 0 spiro atoms. The second-order valence-electron chi connectivity index (χ2n) is 5.43. The Morgan fingerprint density at radius 1 is 1.45 bits per heavy atom. The van der Waals surface area contributed by atoms with Crippen molar-refractivity contribution in [2.45, 2.75) is 45.3 Å². The van der Waals surface area contributed by atoms with Gasteiger partial charge in [-0.25, -0.2) is 8.78 Å². The molecule has 20 heavy (non-hydrogen) atoms. The number of carbonyl (C=O) groups is 1. The van der Waals surface area contributed by atoms with Crippen LogP contribution in [-0.2, 0) is 0 Å². The summed E-state index contributed by atoms with van der Waals surface area (Å²) in [6, 6.07) is 2.24. The fourth-order valence-electron chi connectivity index (χ4n) is 2.62. The van der Waals surface area contributed by atoms with Crippen LogP contribution in [0.2, 0.25) is 0 Å². The molecule has 5 heteroatoms. The van der Waals surface area contributed by atoms with Crippen molar-refractivity contribution in [3.63, 3.8) is 0 Å². The summed E-state index contributed by atoms with van der Waals surface area (Å²) < 4.78 is 27.5. The molecule has 0 saturated heterocycles. The van der Waals surface area contributed by atoms with Crippen LogP contribution in [0.4, 0.5) is 8.78 Å². The molecular formula is C15H19F2NO2. The first-order chi connectivity index (χ1) is 9.43. The molecule has 0 unspecified atom stereocenters. The number of carbonyl (C=O) groups excluding carboxylic acids is 1. The molecule has 1 saturated carbocycles. The third kappa shape index (κ3) is 2.82. The van der Waals surface area contributed by atoms with Crippen LogP contribution in [0.15, 0.2) is 12.1 Å². The van der Waals surface area contributed by atoms with E-state index in [2.05, 4.69) is 5.32 Å². The number of rotatable bonds is 4. The molecule has 1 aliphatic carbocycles. The van der Waals surface area contributed by atoms with Crippen LogP contribution in [0.1, 0.15) is 42.1 Å². The van der Waals surface area contributed by atoms with Gasteiger partial charge in [0.1, 0.15) is 17.2 Å². The average molecular weight is 283 g/mol. The van der Waals surface area contributed by atoms with Crippen molar-refractivity contribution in [3.05, 3.63) is 34.9 Å². The van der Waals surface area contributed by atoms with Gasteiger partial charge in [-0.15, -0.1) is 0 Å². The maximum atomic E-state index is 13.9. The van der Waals surface area contributed by atoms with Gasteiger partial charge >= 0.3 is 0 Å². The van der Waals surface area contributed by atoms with E-state index < -0.39 is 23.1 Å². The van der Waals surface area contributed by atoms with Crippen LogP contribution >= 0.6 is 0 Å². The summed E-state index contributed by atoms with van der Waals surface area (Å²) in [6.07, 6.45) is 1.59. The third-order valence-electron chi connectivity index (χ3n) is 3.99. The number of halogens is 2. The predicted octanol–water partition coefficient (Wildman–Crippen LogP) is 2.55. The van der Waals surface area contributed by atoms with Crippen molar-refractivity contribution in [3.8, 4) is 0 Å². The van der Waals surface area contributed by atoms with E-state index in [1.54, 1.807) is 0 Å². The summed E-state index contributed by atoms with van der Waals surface area (Å²) in [6.45, 7) is 3.39. The van der Waals surface area contributed by atoms with Gasteiger partial charge in [-0.05, 0) is 43.7 Å². The molecule has 1 amide bonds. The van der Waals surface area contributed by atoms with Crippen molar-refractivity contribution in [1.29, 1.82) is 0 Å². The summed E-state index contributed by atoms with van der Waals surface area (Å²) in [7, 11) is 0. The molecule has 110 valence electrons. The first kappa shape index (κ1) is 14.9. The van der Waals surface area contributed by atoms with Gasteiger partial charge in [-0.2, -0.15) is 0 Å². The van der Waals surface area contributed by atoms with E-state index in [9.17, 15) is 18.7 Å². The van der Waals surface area contributed by atoms with Crippen LogP contribution in [-0.4, -0.2) is 23.2 Å². The number of aliphatic hydroxyl groups is 1. The van der Waals surface area contributed by atoms with Gasteiger partial charge in [0.2, 0.25) is 0 Å². The van der Waals surface area contributed by atoms with Crippen molar-refractivity contribution in [2.75, 3.05) is 0 Å². The first-order valence-electron chi connectivity index (χ1n) is 6.87. The molecule has 1 fully saturated rings. The molecular weight excluding hydrogens is 264 g/mol. The van der Waals surface area contributed by atoms with E-state index >= 15 is 0 Å². The molecule has 0 aromatic heterocycles. The minimum Gasteiger partial charge on any atom is -0.393 e. The van der Waals surface area contributed by atoms with E-state index in [-0.39, 0.29) is 23.6 Å². The first-order valence-corrected chi connectivity index (χ1v) is 6.87. The second-order valence-corrected chi connectivity index (χ2v) is 5.43. The highest BCUT2D eigenvalue weighted by atomic mass is 19.1. The van der Waals surface area contributed by atoms with Gasteiger partial charge in [-0.3, -0.25) is 4.79 Å². The summed E-state index contributed by atoms with van der Waals surface area (Å²) in [5.74, 6) is -2.22. The number of amides is 1. The Balaban J connectivity index is 2.13. The number of nitrogens with one attached hydrogen (secondary N) is 1. The molecule has 2 rings (SSSR count). The zero-order valence-corrected chi connectivity index (χ0v) is 11.6. The lowest BCUT2D eigenvalue weighted by molar-refractivity contribution is 0.0231. The quantitative estimate of drug-likeness (QED) is 0.892. The van der Waals surface area contributed by atoms with Gasteiger partial charge in [0, 0.05) is 6.04 Å². The molecule has 0 heterocycles. The third-order valence-corrected chi connectivity index (χ3v) is 3.99. The summed E-state index contributed by atoms with van der Waals surface area (Å²) in [5.41, 5.74) is -0.285. The Bertz CT molecular complexity index is 513. The van der Waals surface area contributed by atoms with Crippen LogP contribution in [0.25, 0.3) is 0 Å². The van der Waals surface area contributed by atoms with Gasteiger partial charge < -0.3 is 10.4 Å². The van der Waals surface area contributed by atoms with Crippen molar-refractivity contribution >= 4 is 5.91 Å². The standard InChI is InChI=1S/C15H19F2NO2/c1-3-12(9-6-10(19)7-9)18-15(20)13-11(16)5-4-8(2)14(13)17/h4-5,9-10,12,19H,3,6-7H2,1-2H3,(H,18,20)/t9?,10?,12-/m1/s1. The normalized spacial score (nSPS) is 23.1. The van der Waals surface area contributed by atoms with Crippen molar-refractivity contribution in [1.82, 2.24) is 5.32 Å². The zero-order valence-electron chi connectivity index (χ0n) is 11.6. The van der Waals surface area contributed by atoms with Crippen LogP contribution in [0.3, 0.4) is 0 Å². The molecule has 2 N–H and O–H groups in total. The second kappa shape index (κ2) is 5.87. The van der Waals surface area contributed by atoms with E-state index in [0.29, 0.717) is 19.3 Å². The Labute approximate surface area is 117 Å². The predicted molar refractivity (Wildman–Crippen MR) is 71.4 cm³/mol. The van der Waals surface area contributed by atoms with Crippen LogP contribution < -0.4 is 5.32 Å². The topological polar surface area (TPSA) is 49.3 Å². The molecule has 0 bridgehead atoms. The van der Waals surface area contributed by atoms with E-state index in [4.69, 9.17) is 0 Å². The molecule has 0 radical (unpaired) electrons. The maximum absolute atomic E-state index is 13.9. The van der Waals surface area contributed by atoms with Crippen LogP contribution in [0, 0.1) is 24.5 Å².